The number of H-pyrrole nitrogens is 1. The van der Waals surface area contributed by atoms with Gasteiger partial charge in [0.1, 0.15) is 18.3 Å². The maximum atomic E-state index is 16.1. The Labute approximate surface area is 226 Å². The molecule has 1 unspecified atom stereocenters. The van der Waals surface area contributed by atoms with Crippen molar-refractivity contribution in [3.63, 3.8) is 0 Å². The largest absolute Gasteiger partial charge is 0.444 e. The molecule has 0 aliphatic carbocycles. The molecule has 196 valence electrons. The molecule has 3 aromatic heterocycles. The predicted molar refractivity (Wildman–Crippen MR) is 144 cm³/mol. The lowest BCUT2D eigenvalue weighted by Crippen LogP contribution is -2.39. The zero-order chi connectivity index (χ0) is 27.7. The molecule has 2 N–H and O–H groups in total. The highest BCUT2D eigenvalue weighted by molar-refractivity contribution is 6.36. The molecule has 12 heteroatoms. The molecular weight excluding hydrogens is 525 g/mol. The Morgan fingerprint density at radius 3 is 2.77 bits per heavy atom. The van der Waals surface area contributed by atoms with Gasteiger partial charge in [-0.3, -0.25) is 14.8 Å². The van der Waals surface area contributed by atoms with Crippen LogP contribution < -0.4 is 10.2 Å². The lowest BCUT2D eigenvalue weighted by Gasteiger charge is -2.26. The summed E-state index contributed by atoms with van der Waals surface area (Å²) in [6.07, 6.45) is 2.19. The number of nitriles is 1. The van der Waals surface area contributed by atoms with E-state index in [2.05, 4.69) is 20.6 Å². The number of fused-ring (bicyclic) bond motifs is 2. The smallest absolute Gasteiger partial charge is 0.415 e. The number of nitrogens with zero attached hydrogens (tertiary/aromatic N) is 5. The summed E-state index contributed by atoms with van der Waals surface area (Å²) in [4.78, 5) is 25.5. The molecule has 0 saturated carbocycles. The number of hydrogen-bond acceptors (Lipinski definition) is 6. The molecule has 3 heterocycles. The summed E-state index contributed by atoms with van der Waals surface area (Å²) in [7, 11) is 0. The van der Waals surface area contributed by atoms with Gasteiger partial charge in [0.15, 0.2) is 11.6 Å². The Bertz CT molecular complexity index is 1760. The molecule has 0 bridgehead atoms. The van der Waals surface area contributed by atoms with Crippen LogP contribution in [0.2, 0.25) is 5.02 Å². The fourth-order valence-corrected chi connectivity index (χ4v) is 4.59. The van der Waals surface area contributed by atoms with Crippen molar-refractivity contribution < 1.29 is 18.7 Å². The van der Waals surface area contributed by atoms with Crippen LogP contribution in [-0.2, 0) is 16.1 Å². The normalized spacial score (nSPS) is 11.8. The molecule has 39 heavy (non-hydrogen) atoms. The molecular formula is C27H21ClFN7O3. The number of aromatic amines is 1. The van der Waals surface area contributed by atoms with Crippen LogP contribution in [0.15, 0.2) is 60.9 Å². The van der Waals surface area contributed by atoms with Gasteiger partial charge in [-0.2, -0.15) is 15.5 Å². The highest BCUT2D eigenvalue weighted by Gasteiger charge is 2.32. The van der Waals surface area contributed by atoms with E-state index >= 15 is 4.39 Å². The molecule has 0 saturated heterocycles. The van der Waals surface area contributed by atoms with E-state index in [1.165, 1.54) is 20.0 Å². The average molecular weight is 546 g/mol. The van der Waals surface area contributed by atoms with Crippen LogP contribution >= 0.6 is 11.6 Å². The van der Waals surface area contributed by atoms with Crippen molar-refractivity contribution in [3.8, 4) is 17.2 Å². The summed E-state index contributed by atoms with van der Waals surface area (Å²) in [6, 6.07) is 14.9. The van der Waals surface area contributed by atoms with Gasteiger partial charge in [-0.15, -0.1) is 0 Å². The minimum atomic E-state index is -1.09. The Kier molecular flexibility index (Phi) is 6.87. The monoisotopic (exact) mass is 545 g/mol. The topological polar surface area (TPSA) is 128 Å². The van der Waals surface area contributed by atoms with Gasteiger partial charge >= 0.3 is 6.09 Å². The van der Waals surface area contributed by atoms with Crippen LogP contribution in [-0.4, -0.2) is 37.9 Å². The molecule has 2 aromatic carbocycles. The molecule has 5 rings (SSSR count). The third-order valence-electron chi connectivity index (χ3n) is 6.04. The van der Waals surface area contributed by atoms with Crippen molar-refractivity contribution in [2.45, 2.75) is 26.5 Å². The number of ether oxygens (including phenoxy) is 1. The van der Waals surface area contributed by atoms with E-state index < -0.39 is 18.0 Å². The van der Waals surface area contributed by atoms with Gasteiger partial charge in [0.2, 0.25) is 5.91 Å². The lowest BCUT2D eigenvalue weighted by molar-refractivity contribution is -0.114. The Hall–Kier alpha value is -4.95. The number of benzene rings is 2. The number of rotatable bonds is 6. The summed E-state index contributed by atoms with van der Waals surface area (Å²) in [6.45, 7) is 2.76. The number of carbonyl (C=O) groups is 2. The predicted octanol–water partition coefficient (Wildman–Crippen LogP) is 5.68. The zero-order valence-electron chi connectivity index (χ0n) is 20.8. The van der Waals surface area contributed by atoms with Crippen LogP contribution in [0, 0.1) is 17.1 Å². The van der Waals surface area contributed by atoms with Gasteiger partial charge < -0.3 is 10.1 Å². The summed E-state index contributed by atoms with van der Waals surface area (Å²) < 4.78 is 23.1. The Morgan fingerprint density at radius 1 is 1.28 bits per heavy atom. The summed E-state index contributed by atoms with van der Waals surface area (Å²) >= 11 is 6.61. The third kappa shape index (κ3) is 4.85. The van der Waals surface area contributed by atoms with E-state index in [1.54, 1.807) is 53.2 Å². The Morgan fingerprint density at radius 2 is 2.05 bits per heavy atom. The van der Waals surface area contributed by atoms with Crippen molar-refractivity contribution in [1.82, 2.24) is 19.8 Å². The third-order valence-corrected chi connectivity index (χ3v) is 6.39. The highest BCUT2D eigenvalue weighted by atomic mass is 35.5. The molecule has 1 atom stereocenters. The van der Waals surface area contributed by atoms with E-state index in [-0.39, 0.29) is 28.7 Å². The first kappa shape index (κ1) is 25.7. The molecule has 0 spiro atoms. The molecule has 0 aliphatic heterocycles. The van der Waals surface area contributed by atoms with Crippen molar-refractivity contribution in [2.24, 2.45) is 0 Å². The van der Waals surface area contributed by atoms with Crippen LogP contribution in [0.25, 0.3) is 27.5 Å². The van der Waals surface area contributed by atoms with Crippen LogP contribution in [0.3, 0.4) is 0 Å². The molecule has 0 aliphatic rings. The molecule has 2 amide bonds. The fraction of sp³-hybridized carbons (Fsp3) is 0.148. The number of halogens is 2. The van der Waals surface area contributed by atoms with Gasteiger partial charge in [0.05, 0.1) is 28.3 Å². The van der Waals surface area contributed by atoms with E-state index in [0.29, 0.717) is 27.8 Å². The SMILES string of the molecule is CC(=O)Nc1cc2cc(-c3c(Cl)c(F)c(N(C(=O)OCc4ccccc4)C(C)C#N)c4[nH]ncc34)ccn2n1. The van der Waals surface area contributed by atoms with Gasteiger partial charge in [-0.1, -0.05) is 41.9 Å². The summed E-state index contributed by atoms with van der Waals surface area (Å²) in [5.41, 5.74) is 2.14. The number of anilines is 2. The average Bonchev–Trinajstić information content (AvgIpc) is 3.56. The second-order valence-corrected chi connectivity index (χ2v) is 9.10. The van der Waals surface area contributed by atoms with E-state index in [1.807, 2.05) is 12.1 Å². The van der Waals surface area contributed by atoms with Crippen molar-refractivity contribution >= 4 is 51.5 Å². The van der Waals surface area contributed by atoms with Gasteiger partial charge in [-0.05, 0) is 30.2 Å². The first-order valence-electron chi connectivity index (χ1n) is 11.8. The van der Waals surface area contributed by atoms with Crippen molar-refractivity contribution in [1.29, 1.82) is 5.26 Å². The minimum Gasteiger partial charge on any atom is -0.444 e. The first-order valence-corrected chi connectivity index (χ1v) is 12.2. The molecule has 5 aromatic rings. The minimum absolute atomic E-state index is 0.0697. The van der Waals surface area contributed by atoms with Crippen LogP contribution in [0.5, 0.6) is 0 Å². The van der Waals surface area contributed by atoms with Crippen molar-refractivity contribution in [3.05, 3.63) is 77.3 Å². The first-order chi connectivity index (χ1) is 18.8. The standard InChI is InChI=1S/C27H21ClFN7O3/c1-15(12-30)36(27(38)39-14-17-6-4-3-5-7-17)26-24(29)23(28)22(20-13-31-33-25(20)26)18-8-9-35-19(10-18)11-21(34-35)32-16(2)37/h3-11,13,15H,14H2,1-2H3,(H,31,33)(H,32,34,37). The maximum Gasteiger partial charge on any atom is 0.415 e. The fourth-order valence-electron chi connectivity index (χ4n) is 4.29. The van der Waals surface area contributed by atoms with Crippen molar-refractivity contribution in [2.75, 3.05) is 10.2 Å². The number of nitrogens with one attached hydrogen (secondary N) is 2. The second-order valence-electron chi connectivity index (χ2n) is 8.72. The second kappa shape index (κ2) is 10.4. The number of pyridine rings is 1. The Balaban J connectivity index is 1.60. The lowest BCUT2D eigenvalue weighted by atomic mass is 10.00. The van der Waals surface area contributed by atoms with Crippen LogP contribution in [0.1, 0.15) is 19.4 Å². The molecule has 0 fully saturated rings. The van der Waals surface area contributed by atoms with E-state index in [9.17, 15) is 14.9 Å². The molecule has 0 radical (unpaired) electrons. The van der Waals surface area contributed by atoms with E-state index in [0.717, 1.165) is 10.5 Å². The number of carbonyl (C=O) groups excluding carboxylic acids is 2. The zero-order valence-corrected chi connectivity index (χ0v) is 21.5. The highest BCUT2D eigenvalue weighted by Crippen LogP contribution is 2.43. The quantitative estimate of drug-likeness (QED) is 0.282. The van der Waals surface area contributed by atoms with E-state index in [4.69, 9.17) is 16.3 Å². The summed E-state index contributed by atoms with van der Waals surface area (Å²) in [5.74, 6) is -0.830. The molecule has 10 nitrogen and oxygen atoms in total. The number of hydrogen-bond donors (Lipinski definition) is 2. The number of aromatic nitrogens is 4. The van der Waals surface area contributed by atoms with Gasteiger partial charge in [-0.25, -0.2) is 13.7 Å². The van der Waals surface area contributed by atoms with Crippen LogP contribution in [0.4, 0.5) is 20.7 Å². The number of amides is 2. The maximum absolute atomic E-state index is 16.1. The summed E-state index contributed by atoms with van der Waals surface area (Å²) in [5, 5.41) is 23.5. The van der Waals surface area contributed by atoms with Gasteiger partial charge in [0.25, 0.3) is 0 Å². The van der Waals surface area contributed by atoms with Gasteiger partial charge in [0, 0.05) is 30.1 Å².